The number of nitrogens with zero attached hydrogens (tertiary/aromatic N) is 2. The van der Waals surface area contributed by atoms with Gasteiger partial charge in [0.05, 0.1) is 20.9 Å². The zero-order chi connectivity index (χ0) is 25.3. The minimum Gasteiger partial charge on any atom is -0.744 e. The van der Waals surface area contributed by atoms with Crippen molar-refractivity contribution >= 4 is 79.0 Å². The number of fused-ring (bicyclic) bond motifs is 2. The topological polar surface area (TPSA) is 215 Å². The number of aldehydes is 2. The quantitative estimate of drug-likeness (QED) is 0.118. The first-order valence-electron chi connectivity index (χ1n) is 8.93. The molecule has 178 valence electrons. The van der Waals surface area contributed by atoms with Gasteiger partial charge in [0.1, 0.15) is 31.3 Å². The second-order valence-corrected chi connectivity index (χ2v) is 9.26. The maximum absolute atomic E-state index is 11.0. The van der Waals surface area contributed by atoms with Crippen molar-refractivity contribution in [3.8, 4) is 11.5 Å². The zero-order valence-electron chi connectivity index (χ0n) is 19.1. The molecule has 0 fully saturated rings. The molecule has 2 aromatic carbocycles. The number of phenols is 2. The van der Waals surface area contributed by atoms with Crippen molar-refractivity contribution in [1.29, 1.82) is 0 Å². The van der Waals surface area contributed by atoms with E-state index in [-0.39, 0.29) is 129 Å². The van der Waals surface area contributed by atoms with Crippen LogP contribution >= 0.6 is 0 Å². The molecule has 12 nitrogen and oxygen atoms in total. The Morgan fingerprint density at radius 3 is 1.30 bits per heavy atom. The van der Waals surface area contributed by atoms with E-state index in [9.17, 15) is 45.7 Å². The van der Waals surface area contributed by atoms with Gasteiger partial charge in [-0.05, 0) is 36.4 Å². The fourth-order valence-corrected chi connectivity index (χ4v) is 4.44. The maximum Gasteiger partial charge on any atom is 3.00 e. The number of aromatic nitrogens is 2. The molecule has 2 N–H and O–H groups in total. The van der Waals surface area contributed by atoms with Gasteiger partial charge in [-0.15, -0.1) is 0 Å². The monoisotopic (exact) mass is 671 g/mol. The molecule has 2 radical (unpaired) electrons. The molecule has 0 saturated heterocycles. The number of hydrogen-bond acceptors (Lipinski definition) is 12. The smallest absolute Gasteiger partial charge is 0.744 e. The molecule has 2 heterocycles. The molecule has 0 amide bonds. The first-order chi connectivity index (χ1) is 15.9. The number of pyridine rings is 2. The van der Waals surface area contributed by atoms with Gasteiger partial charge in [0, 0.05) is 23.2 Å². The molecule has 0 saturated carbocycles. The third-order valence-corrected chi connectivity index (χ3v) is 6.26. The molecule has 4 aromatic rings. The molecule has 0 bridgehead atoms. The molecule has 17 heteroatoms. The van der Waals surface area contributed by atoms with E-state index in [0.29, 0.717) is 0 Å². The summed E-state index contributed by atoms with van der Waals surface area (Å²) in [5, 5.41) is 19.3. The summed E-state index contributed by atoms with van der Waals surface area (Å²) in [6.45, 7) is 0. The fourth-order valence-electron chi connectivity index (χ4n) is 3.03. The third kappa shape index (κ3) is 7.93. The van der Waals surface area contributed by atoms with Crippen LogP contribution in [0.15, 0.2) is 58.6 Å². The van der Waals surface area contributed by atoms with Gasteiger partial charge in [-0.3, -0.25) is 19.6 Å². The average Bonchev–Trinajstić information content (AvgIpc) is 2.79. The van der Waals surface area contributed by atoms with E-state index in [2.05, 4.69) is 9.97 Å². The number of rotatable bonds is 4. The molecule has 0 spiro atoms. The Kier molecular flexibility index (Phi) is 13.8. The van der Waals surface area contributed by atoms with Crippen LogP contribution in [-0.4, -0.2) is 83.1 Å². The predicted octanol–water partition coefficient (Wildman–Crippen LogP) is -5.06. The molecule has 0 atom stereocenters. The number of aromatic hydroxyl groups is 2. The summed E-state index contributed by atoms with van der Waals surface area (Å²) in [7, 11) is -9.48. The van der Waals surface area contributed by atoms with E-state index < -0.39 is 41.5 Å². The van der Waals surface area contributed by atoms with Crippen LogP contribution in [0.4, 0.5) is 0 Å². The zero-order valence-corrected chi connectivity index (χ0v) is 27.3. The Morgan fingerprint density at radius 1 is 0.703 bits per heavy atom. The molecule has 2 aromatic heterocycles. The van der Waals surface area contributed by atoms with Crippen molar-refractivity contribution in [3.05, 3.63) is 59.9 Å². The van der Waals surface area contributed by atoms with Crippen LogP contribution < -0.4 is 59.1 Å². The standard InChI is InChI=1S/2C10H7NO5S.2Na.Sb/c2*12-5-6-4-8(17(14,15)16)7-2-1-3-11-9(7)10(6)13;;;/h2*1-5,13H,(H,14,15,16);;;/q;;2*+1;+3/p-2. The normalized spacial score (nSPS) is 10.6. The first kappa shape index (κ1) is 35.8. The number of benzene rings is 2. The minimum absolute atomic E-state index is 0. The molecular formula is C20H12N2Na2O10S2Sb+3. The maximum atomic E-state index is 11.0. The van der Waals surface area contributed by atoms with Gasteiger partial charge in [0.2, 0.25) is 0 Å². The van der Waals surface area contributed by atoms with Crippen molar-refractivity contribution in [3.63, 3.8) is 0 Å². The van der Waals surface area contributed by atoms with Crippen LogP contribution in [0, 0.1) is 0 Å². The van der Waals surface area contributed by atoms with Gasteiger partial charge in [-0.1, -0.05) is 0 Å². The van der Waals surface area contributed by atoms with Gasteiger partial charge in [0.25, 0.3) is 0 Å². The van der Waals surface area contributed by atoms with Crippen molar-refractivity contribution < 1.29 is 105 Å². The van der Waals surface area contributed by atoms with Crippen LogP contribution in [0.2, 0.25) is 0 Å². The second-order valence-electron chi connectivity index (χ2n) is 6.57. The predicted molar refractivity (Wildman–Crippen MR) is 119 cm³/mol. The molecule has 0 unspecified atom stereocenters. The Hall–Kier alpha value is -1.16. The van der Waals surface area contributed by atoms with Crippen LogP contribution in [0.3, 0.4) is 0 Å². The van der Waals surface area contributed by atoms with E-state index in [1.165, 1.54) is 36.7 Å². The molecule has 0 aliphatic rings. The molecular weight excluding hydrogens is 660 g/mol. The van der Waals surface area contributed by atoms with Gasteiger partial charge in [-0.2, -0.15) is 0 Å². The minimum atomic E-state index is -4.74. The molecule has 0 aliphatic carbocycles. The summed E-state index contributed by atoms with van der Waals surface area (Å²) in [4.78, 5) is 27.7. The summed E-state index contributed by atoms with van der Waals surface area (Å²) in [6.07, 6.45) is 3.16. The summed E-state index contributed by atoms with van der Waals surface area (Å²) >= 11 is 0. The summed E-state index contributed by atoms with van der Waals surface area (Å²) in [6, 6.07) is 7.21. The van der Waals surface area contributed by atoms with Crippen LogP contribution in [0.25, 0.3) is 21.8 Å². The van der Waals surface area contributed by atoms with Crippen molar-refractivity contribution in [2.24, 2.45) is 0 Å². The van der Waals surface area contributed by atoms with Crippen LogP contribution in [0.5, 0.6) is 11.5 Å². The van der Waals surface area contributed by atoms with E-state index >= 15 is 0 Å². The summed E-state index contributed by atoms with van der Waals surface area (Å²) in [5.41, 5.74) is -0.755. The Morgan fingerprint density at radius 2 is 1.03 bits per heavy atom. The number of carbonyl (C=O) groups is 2. The summed E-state index contributed by atoms with van der Waals surface area (Å²) < 4.78 is 66.3. The number of hydrogen-bond donors (Lipinski definition) is 2. The summed E-state index contributed by atoms with van der Waals surface area (Å²) in [5.74, 6) is -0.883. The van der Waals surface area contributed by atoms with Crippen molar-refractivity contribution in [2.45, 2.75) is 9.79 Å². The fraction of sp³-hybridized carbons (Fsp3) is 0. The molecule has 0 aliphatic heterocycles. The Bertz CT molecular complexity index is 1560. The van der Waals surface area contributed by atoms with E-state index in [1.54, 1.807) is 0 Å². The van der Waals surface area contributed by atoms with Crippen LogP contribution in [-0.2, 0) is 20.2 Å². The number of phenolic OH excluding ortho intramolecular Hbond substituents is 2. The molecule has 37 heavy (non-hydrogen) atoms. The Balaban J connectivity index is 0.000000648. The van der Waals surface area contributed by atoms with Gasteiger partial charge >= 0.3 is 83.5 Å². The largest absolute Gasteiger partial charge is 3.00 e. The first-order valence-corrected chi connectivity index (χ1v) is 11.7. The van der Waals surface area contributed by atoms with E-state index in [4.69, 9.17) is 0 Å². The van der Waals surface area contributed by atoms with Gasteiger partial charge in [0.15, 0.2) is 24.1 Å². The average molecular weight is 672 g/mol. The third-order valence-electron chi connectivity index (χ3n) is 4.51. The van der Waals surface area contributed by atoms with E-state index in [0.717, 1.165) is 12.1 Å². The van der Waals surface area contributed by atoms with Crippen LogP contribution in [0.1, 0.15) is 20.7 Å². The van der Waals surface area contributed by atoms with Crippen molar-refractivity contribution in [1.82, 2.24) is 9.97 Å². The van der Waals surface area contributed by atoms with Crippen molar-refractivity contribution in [2.75, 3.05) is 0 Å². The van der Waals surface area contributed by atoms with E-state index in [1.807, 2.05) is 0 Å². The number of carbonyl (C=O) groups excluding carboxylic acids is 2. The SMILES string of the molecule is O=Cc1cc(S(=O)(=O)[O-])c2cccnc2c1O.O=Cc1cc(S(=O)(=O)[O-])c2cccnc2c1O.[Na+].[Na+].[Sb+3]. The van der Waals surface area contributed by atoms with Gasteiger partial charge in [-0.25, -0.2) is 16.8 Å². The Labute approximate surface area is 272 Å². The second kappa shape index (κ2) is 14.3. The van der Waals surface area contributed by atoms with Gasteiger partial charge < -0.3 is 19.3 Å². The molecule has 4 rings (SSSR count).